The topological polar surface area (TPSA) is 0 Å². The fraction of sp³-hybridized carbons (Fsp3) is 1.00. The molecule has 0 aromatic carbocycles. The molecule has 4 aliphatic heterocycles. The Balaban J connectivity index is 1.33. The van der Waals surface area contributed by atoms with Gasteiger partial charge >= 0.3 is 0 Å². The standard InChI is InChI=1S/C4H2S12/c5-1(6-10-3(9-5)13-14-3)2-7-11-4(12-8-2)15-16-4/h1-2H. The maximum Gasteiger partial charge on any atom is 0.192 e. The Morgan fingerprint density at radius 3 is 1.00 bits per heavy atom. The van der Waals surface area contributed by atoms with E-state index in [1.807, 2.05) is 43.2 Å². The highest BCUT2D eigenvalue weighted by Gasteiger charge is 2.56. The van der Waals surface area contributed by atoms with Crippen LogP contribution in [-0.4, -0.2) is 14.7 Å². The van der Waals surface area contributed by atoms with Crippen molar-refractivity contribution in [3.8, 4) is 0 Å². The van der Waals surface area contributed by atoms with Crippen molar-refractivity contribution in [3.05, 3.63) is 0 Å². The van der Waals surface area contributed by atoms with E-state index < -0.39 is 0 Å². The molecular formula is C4H2S12. The number of hydrogen-bond donors (Lipinski definition) is 0. The van der Waals surface area contributed by atoms with Crippen molar-refractivity contribution in [2.75, 3.05) is 0 Å². The SMILES string of the molecule is S1SC2(SSC1C1SSC3(SS1)SS3)SS2. The van der Waals surface area contributed by atoms with Gasteiger partial charge in [-0.3, -0.25) is 0 Å². The van der Waals surface area contributed by atoms with E-state index >= 15 is 0 Å². The van der Waals surface area contributed by atoms with E-state index in [0.717, 1.165) is 9.16 Å². The predicted octanol–water partition coefficient (Wildman–Crippen LogP) is 7.20. The van der Waals surface area contributed by atoms with E-state index in [2.05, 4.69) is 86.4 Å². The molecule has 4 rings (SSSR count). The molecule has 4 fully saturated rings. The van der Waals surface area contributed by atoms with Crippen molar-refractivity contribution in [3.63, 3.8) is 0 Å². The molecule has 12 heteroatoms. The zero-order valence-electron chi connectivity index (χ0n) is 7.05. The summed E-state index contributed by atoms with van der Waals surface area (Å²) in [6.45, 7) is 0. The van der Waals surface area contributed by atoms with Gasteiger partial charge in [0.05, 0.1) is 9.16 Å². The highest BCUT2D eigenvalue weighted by atomic mass is 33.2. The monoisotopic (exact) mass is 434 g/mol. The Hall–Kier alpha value is 4.20. The van der Waals surface area contributed by atoms with Gasteiger partial charge in [-0.05, 0) is 43.2 Å². The highest BCUT2D eigenvalue weighted by Crippen LogP contribution is 2.87. The molecule has 16 heavy (non-hydrogen) atoms. The molecule has 90 valence electrons. The average Bonchev–Trinajstić information content (AvgIpc) is 3.23. The molecule has 0 amide bonds. The van der Waals surface area contributed by atoms with E-state index in [1.54, 1.807) is 0 Å². The quantitative estimate of drug-likeness (QED) is 0.302. The largest absolute Gasteiger partial charge is 0.192 e. The summed E-state index contributed by atoms with van der Waals surface area (Å²) in [6.07, 6.45) is 0. The molecule has 4 saturated heterocycles. The molecule has 4 heterocycles. The van der Waals surface area contributed by atoms with Crippen LogP contribution in [-0.2, 0) is 0 Å². The minimum Gasteiger partial charge on any atom is -0.0734 e. The zero-order chi connectivity index (χ0) is 10.6. The number of rotatable bonds is 1. The summed E-state index contributed by atoms with van der Waals surface area (Å²) in [5.74, 6) is 0. The van der Waals surface area contributed by atoms with Crippen molar-refractivity contribution >= 4 is 130 Å². The van der Waals surface area contributed by atoms with Gasteiger partial charge in [-0.15, -0.1) is 0 Å². The van der Waals surface area contributed by atoms with Gasteiger partial charge in [-0.1, -0.05) is 86.4 Å². The van der Waals surface area contributed by atoms with Gasteiger partial charge in [0.15, 0.2) is 5.49 Å². The Morgan fingerprint density at radius 1 is 0.438 bits per heavy atom. The zero-order valence-corrected chi connectivity index (χ0v) is 16.9. The second kappa shape index (κ2) is 5.44. The molecule has 2 spiro atoms. The fourth-order valence-corrected chi connectivity index (χ4v) is 30.1. The van der Waals surface area contributed by atoms with E-state index in [1.165, 1.54) is 0 Å². The third-order valence-corrected chi connectivity index (χ3v) is 29.8. The normalized spacial score (nSPS) is 40.1. The maximum atomic E-state index is 2.09. The van der Waals surface area contributed by atoms with Crippen molar-refractivity contribution in [1.29, 1.82) is 0 Å². The summed E-state index contributed by atoms with van der Waals surface area (Å²) in [4.78, 5) is 0. The summed E-state index contributed by atoms with van der Waals surface area (Å²) in [7, 11) is 24.8. The minimum atomic E-state index is 0.458. The summed E-state index contributed by atoms with van der Waals surface area (Å²) < 4.78 is 2.39. The first kappa shape index (κ1) is 13.8. The van der Waals surface area contributed by atoms with Gasteiger partial charge in [-0.25, -0.2) is 0 Å². The van der Waals surface area contributed by atoms with Gasteiger partial charge < -0.3 is 0 Å². The Kier molecular flexibility index (Phi) is 4.70. The lowest BCUT2D eigenvalue weighted by Crippen LogP contribution is -2.16. The Morgan fingerprint density at radius 2 is 0.750 bits per heavy atom. The second-order valence-electron chi connectivity index (χ2n) is 2.79. The molecule has 0 unspecified atom stereocenters. The smallest absolute Gasteiger partial charge is 0.0734 e. The van der Waals surface area contributed by atoms with E-state index in [0.29, 0.717) is 5.49 Å². The van der Waals surface area contributed by atoms with Crippen molar-refractivity contribution < 1.29 is 0 Å². The molecule has 0 atom stereocenters. The molecule has 0 aromatic rings. The molecule has 4 aliphatic rings. The molecule has 0 saturated carbocycles. The first-order valence-electron chi connectivity index (χ1n) is 3.91. The number of hydrogen-bond acceptors (Lipinski definition) is 12. The van der Waals surface area contributed by atoms with Crippen molar-refractivity contribution in [1.82, 2.24) is 0 Å². The van der Waals surface area contributed by atoms with Crippen LogP contribution in [0, 0.1) is 0 Å². The van der Waals surface area contributed by atoms with Crippen LogP contribution in [0.3, 0.4) is 0 Å². The third kappa shape index (κ3) is 3.02. The molecule has 0 bridgehead atoms. The summed E-state index contributed by atoms with van der Waals surface area (Å²) in [5.41, 5.74) is 0. The van der Waals surface area contributed by atoms with Crippen LogP contribution in [0.25, 0.3) is 0 Å². The average molecular weight is 435 g/mol. The molecular weight excluding hydrogens is 433 g/mol. The highest BCUT2D eigenvalue weighted by molar-refractivity contribution is 9.16. The first-order valence-corrected chi connectivity index (χ1v) is 17.1. The van der Waals surface area contributed by atoms with Crippen LogP contribution in [0.5, 0.6) is 0 Å². The summed E-state index contributed by atoms with van der Waals surface area (Å²) >= 11 is 0. The van der Waals surface area contributed by atoms with Crippen LogP contribution >= 0.6 is 130 Å². The van der Waals surface area contributed by atoms with Crippen LogP contribution in [0.4, 0.5) is 0 Å². The predicted molar refractivity (Wildman–Crippen MR) is 104 cm³/mol. The van der Waals surface area contributed by atoms with Crippen LogP contribution in [0.1, 0.15) is 0 Å². The van der Waals surface area contributed by atoms with Gasteiger partial charge in [0, 0.05) is 0 Å². The van der Waals surface area contributed by atoms with Crippen molar-refractivity contribution in [2.24, 2.45) is 0 Å². The molecule has 0 radical (unpaired) electrons. The van der Waals surface area contributed by atoms with Crippen molar-refractivity contribution in [2.45, 2.75) is 14.7 Å². The molecule has 0 nitrogen and oxygen atoms in total. The minimum absolute atomic E-state index is 0.458. The van der Waals surface area contributed by atoms with Gasteiger partial charge in [0.1, 0.15) is 0 Å². The lowest BCUT2D eigenvalue weighted by Gasteiger charge is -2.32. The summed E-state index contributed by atoms with van der Waals surface area (Å²) in [5, 5.41) is 0. The maximum absolute atomic E-state index is 2.09. The first-order chi connectivity index (χ1) is 7.79. The Labute approximate surface area is 142 Å². The lowest BCUT2D eigenvalue weighted by atomic mass is 10.9. The van der Waals surface area contributed by atoms with E-state index in [9.17, 15) is 0 Å². The second-order valence-corrected chi connectivity index (χ2v) is 21.8. The summed E-state index contributed by atoms with van der Waals surface area (Å²) in [6, 6.07) is 0. The lowest BCUT2D eigenvalue weighted by molar-refractivity contribution is 1.40. The van der Waals surface area contributed by atoms with E-state index in [-0.39, 0.29) is 0 Å². The molecule has 0 N–H and O–H groups in total. The fourth-order valence-electron chi connectivity index (χ4n) is 0.846. The van der Waals surface area contributed by atoms with Gasteiger partial charge in [-0.2, -0.15) is 0 Å². The Bertz CT molecular complexity index is 245. The van der Waals surface area contributed by atoms with Crippen LogP contribution < -0.4 is 0 Å². The molecule has 0 aromatic heterocycles. The van der Waals surface area contributed by atoms with Crippen LogP contribution in [0.2, 0.25) is 0 Å². The molecule has 0 aliphatic carbocycles. The van der Waals surface area contributed by atoms with E-state index in [4.69, 9.17) is 0 Å². The van der Waals surface area contributed by atoms with Gasteiger partial charge in [0.2, 0.25) is 0 Å². The van der Waals surface area contributed by atoms with Gasteiger partial charge in [0.25, 0.3) is 0 Å². The van der Waals surface area contributed by atoms with Crippen LogP contribution in [0.15, 0.2) is 0 Å². The third-order valence-electron chi connectivity index (χ3n) is 1.64.